The fraction of sp³-hybridized carbons (Fsp3) is 0.320. The SMILES string of the molecule is CCOc1ccc(N(C(=O)c2ccco2)C(C(=O)NC2CCCC2)c2ccncc2)cc1. The molecule has 7 heteroatoms. The molecule has 0 spiro atoms. The average Bonchev–Trinajstić information content (AvgIpc) is 3.53. The van der Waals surface area contributed by atoms with Gasteiger partial charge in [0.25, 0.3) is 5.91 Å². The van der Waals surface area contributed by atoms with Crippen molar-refractivity contribution in [3.05, 3.63) is 78.5 Å². The smallest absolute Gasteiger partial charge is 0.294 e. The number of anilines is 1. The van der Waals surface area contributed by atoms with Crippen LogP contribution in [0.25, 0.3) is 0 Å². The van der Waals surface area contributed by atoms with Crippen molar-refractivity contribution in [3.8, 4) is 5.75 Å². The fourth-order valence-electron chi connectivity index (χ4n) is 4.09. The van der Waals surface area contributed by atoms with E-state index >= 15 is 0 Å². The summed E-state index contributed by atoms with van der Waals surface area (Å²) in [6.07, 6.45) is 8.78. The third-order valence-electron chi connectivity index (χ3n) is 5.61. The van der Waals surface area contributed by atoms with Crippen LogP contribution in [0.3, 0.4) is 0 Å². The highest BCUT2D eigenvalue weighted by atomic mass is 16.5. The van der Waals surface area contributed by atoms with Crippen LogP contribution in [0.2, 0.25) is 0 Å². The molecular formula is C25H27N3O4. The minimum absolute atomic E-state index is 0.118. The first-order valence-electron chi connectivity index (χ1n) is 11.0. The highest BCUT2D eigenvalue weighted by Crippen LogP contribution is 2.32. The molecule has 0 aliphatic heterocycles. The number of amides is 2. The maximum absolute atomic E-state index is 13.6. The molecule has 1 unspecified atom stereocenters. The maximum atomic E-state index is 13.6. The van der Waals surface area contributed by atoms with Crippen molar-refractivity contribution in [2.75, 3.05) is 11.5 Å². The van der Waals surface area contributed by atoms with Gasteiger partial charge < -0.3 is 14.5 Å². The lowest BCUT2D eigenvalue weighted by Crippen LogP contribution is -2.46. The molecule has 0 bridgehead atoms. The van der Waals surface area contributed by atoms with Crippen molar-refractivity contribution in [1.29, 1.82) is 0 Å². The van der Waals surface area contributed by atoms with Crippen molar-refractivity contribution in [2.45, 2.75) is 44.7 Å². The van der Waals surface area contributed by atoms with Gasteiger partial charge in [-0.1, -0.05) is 12.8 Å². The van der Waals surface area contributed by atoms with Gasteiger partial charge in [0.05, 0.1) is 12.9 Å². The Morgan fingerprint density at radius 1 is 1.12 bits per heavy atom. The lowest BCUT2D eigenvalue weighted by atomic mass is 10.0. The highest BCUT2D eigenvalue weighted by Gasteiger charge is 2.35. The van der Waals surface area contributed by atoms with Crippen LogP contribution in [-0.2, 0) is 4.79 Å². The van der Waals surface area contributed by atoms with E-state index in [1.54, 1.807) is 60.9 Å². The van der Waals surface area contributed by atoms with E-state index in [0.29, 0.717) is 23.6 Å². The highest BCUT2D eigenvalue weighted by molar-refractivity contribution is 6.08. The molecule has 1 fully saturated rings. The van der Waals surface area contributed by atoms with E-state index in [2.05, 4.69) is 10.3 Å². The molecule has 32 heavy (non-hydrogen) atoms. The van der Waals surface area contributed by atoms with Crippen LogP contribution in [-0.4, -0.2) is 29.4 Å². The number of carbonyl (C=O) groups excluding carboxylic acids is 2. The third kappa shape index (κ3) is 4.82. The number of carbonyl (C=O) groups is 2. The first kappa shape index (κ1) is 21.6. The molecule has 0 saturated heterocycles. The second-order valence-corrected chi connectivity index (χ2v) is 7.75. The summed E-state index contributed by atoms with van der Waals surface area (Å²) in [6, 6.07) is 13.2. The molecule has 166 valence electrons. The van der Waals surface area contributed by atoms with Gasteiger partial charge in [-0.15, -0.1) is 0 Å². The van der Waals surface area contributed by atoms with Crippen molar-refractivity contribution in [1.82, 2.24) is 10.3 Å². The number of ether oxygens (including phenoxy) is 1. The average molecular weight is 434 g/mol. The molecule has 2 heterocycles. The zero-order chi connectivity index (χ0) is 22.3. The Balaban J connectivity index is 1.76. The van der Waals surface area contributed by atoms with Crippen molar-refractivity contribution in [3.63, 3.8) is 0 Å². The Kier molecular flexibility index (Phi) is 6.84. The van der Waals surface area contributed by atoms with Gasteiger partial charge in [0.2, 0.25) is 5.91 Å². The Labute approximate surface area is 187 Å². The van der Waals surface area contributed by atoms with E-state index in [-0.39, 0.29) is 17.7 Å². The first-order chi connectivity index (χ1) is 15.7. The number of nitrogens with zero attached hydrogens (tertiary/aromatic N) is 2. The molecular weight excluding hydrogens is 406 g/mol. The summed E-state index contributed by atoms with van der Waals surface area (Å²) in [7, 11) is 0. The van der Waals surface area contributed by atoms with Crippen molar-refractivity contribution < 1.29 is 18.7 Å². The number of hydrogen-bond acceptors (Lipinski definition) is 5. The van der Waals surface area contributed by atoms with E-state index < -0.39 is 11.9 Å². The molecule has 1 N–H and O–H groups in total. The second-order valence-electron chi connectivity index (χ2n) is 7.75. The number of rotatable bonds is 8. The molecule has 2 aromatic heterocycles. The lowest BCUT2D eigenvalue weighted by Gasteiger charge is -2.31. The van der Waals surface area contributed by atoms with Crippen LogP contribution in [0.4, 0.5) is 5.69 Å². The van der Waals surface area contributed by atoms with Gasteiger partial charge in [0.1, 0.15) is 11.8 Å². The largest absolute Gasteiger partial charge is 0.494 e. The minimum atomic E-state index is -0.880. The Hall–Kier alpha value is -3.61. The van der Waals surface area contributed by atoms with E-state index in [4.69, 9.17) is 9.15 Å². The predicted octanol–water partition coefficient (Wildman–Crippen LogP) is 4.52. The Morgan fingerprint density at radius 3 is 2.47 bits per heavy atom. The summed E-state index contributed by atoms with van der Waals surface area (Å²) in [6.45, 7) is 2.45. The number of furan rings is 1. The van der Waals surface area contributed by atoms with Crippen LogP contribution in [0.15, 0.2) is 71.6 Å². The fourth-order valence-corrected chi connectivity index (χ4v) is 4.09. The van der Waals surface area contributed by atoms with Crippen LogP contribution in [0, 0.1) is 0 Å². The van der Waals surface area contributed by atoms with Gasteiger partial charge >= 0.3 is 0 Å². The number of aromatic nitrogens is 1. The van der Waals surface area contributed by atoms with Crippen LogP contribution >= 0.6 is 0 Å². The Morgan fingerprint density at radius 2 is 1.84 bits per heavy atom. The lowest BCUT2D eigenvalue weighted by molar-refractivity contribution is -0.123. The number of hydrogen-bond donors (Lipinski definition) is 1. The standard InChI is InChI=1S/C25H27N3O4/c1-2-31-21-11-9-20(10-12-21)28(25(30)22-8-5-17-32-22)23(18-13-15-26-16-14-18)24(29)27-19-6-3-4-7-19/h5,8-17,19,23H,2-4,6-7H2,1H3,(H,27,29). The maximum Gasteiger partial charge on any atom is 0.294 e. The topological polar surface area (TPSA) is 84.7 Å². The van der Waals surface area contributed by atoms with Gasteiger partial charge in [0.15, 0.2) is 5.76 Å². The zero-order valence-corrected chi connectivity index (χ0v) is 18.1. The number of pyridine rings is 1. The molecule has 0 radical (unpaired) electrons. The molecule has 3 aromatic rings. The van der Waals surface area contributed by atoms with Crippen molar-refractivity contribution in [2.24, 2.45) is 0 Å². The molecule has 1 saturated carbocycles. The van der Waals surface area contributed by atoms with Crippen LogP contribution < -0.4 is 15.0 Å². The third-order valence-corrected chi connectivity index (χ3v) is 5.61. The molecule has 7 nitrogen and oxygen atoms in total. The van der Waals surface area contributed by atoms with Crippen molar-refractivity contribution >= 4 is 17.5 Å². The zero-order valence-electron chi connectivity index (χ0n) is 18.1. The first-order valence-corrected chi connectivity index (χ1v) is 11.0. The quantitative estimate of drug-likeness (QED) is 0.565. The number of nitrogens with one attached hydrogen (secondary N) is 1. The van der Waals surface area contributed by atoms with Crippen LogP contribution in [0.1, 0.15) is 54.8 Å². The van der Waals surface area contributed by atoms with E-state index in [1.165, 1.54) is 11.2 Å². The van der Waals surface area contributed by atoms with E-state index in [1.807, 2.05) is 6.92 Å². The van der Waals surface area contributed by atoms with Gasteiger partial charge in [-0.3, -0.25) is 19.5 Å². The normalized spacial score (nSPS) is 14.7. The summed E-state index contributed by atoms with van der Waals surface area (Å²) in [4.78, 5) is 32.7. The minimum Gasteiger partial charge on any atom is -0.494 e. The van der Waals surface area contributed by atoms with E-state index in [9.17, 15) is 9.59 Å². The van der Waals surface area contributed by atoms with Crippen LogP contribution in [0.5, 0.6) is 5.75 Å². The molecule has 1 aliphatic carbocycles. The summed E-state index contributed by atoms with van der Waals surface area (Å²) in [5.74, 6) is 0.226. The van der Waals surface area contributed by atoms with Gasteiger partial charge in [-0.2, -0.15) is 0 Å². The van der Waals surface area contributed by atoms with E-state index in [0.717, 1.165) is 25.7 Å². The summed E-state index contributed by atoms with van der Waals surface area (Å²) >= 11 is 0. The monoisotopic (exact) mass is 433 g/mol. The number of benzene rings is 1. The molecule has 2 amide bonds. The summed E-state index contributed by atoms with van der Waals surface area (Å²) in [5.41, 5.74) is 1.24. The molecule has 1 aromatic carbocycles. The summed E-state index contributed by atoms with van der Waals surface area (Å²) in [5, 5.41) is 3.15. The van der Waals surface area contributed by atoms with Gasteiger partial charge in [-0.05, 0) is 73.9 Å². The molecule has 1 aliphatic rings. The Bertz CT molecular complexity index is 1010. The molecule has 1 atom stereocenters. The van der Waals surface area contributed by atoms with Gasteiger partial charge in [-0.25, -0.2) is 0 Å². The summed E-state index contributed by atoms with van der Waals surface area (Å²) < 4.78 is 10.9. The molecule has 4 rings (SSSR count). The predicted molar refractivity (Wildman–Crippen MR) is 121 cm³/mol. The van der Waals surface area contributed by atoms with Gasteiger partial charge in [0, 0.05) is 24.1 Å². The second kappa shape index (κ2) is 10.1.